The average Bonchev–Trinajstić information content (AvgIpc) is 2.36. The Morgan fingerprint density at radius 3 is 1.95 bits per heavy atom. The number of hydrogen-bond donors (Lipinski definition) is 1. The average molecular weight is 278 g/mol. The molecule has 0 amide bonds. The van der Waals surface area contributed by atoms with E-state index in [0.29, 0.717) is 5.75 Å². The molecule has 1 aromatic rings. The van der Waals surface area contributed by atoms with E-state index < -0.39 is 11.9 Å². The van der Waals surface area contributed by atoms with Crippen molar-refractivity contribution in [2.24, 2.45) is 0 Å². The number of carbonyl (C=O) groups excluding carboxylic acids is 1. The van der Waals surface area contributed by atoms with E-state index in [-0.39, 0.29) is 24.7 Å². The van der Waals surface area contributed by atoms with Gasteiger partial charge in [0.1, 0.15) is 5.75 Å². The second-order valence-corrected chi connectivity index (χ2v) is 5.44. The Labute approximate surface area is 119 Å². The summed E-state index contributed by atoms with van der Waals surface area (Å²) in [7, 11) is 0. The van der Waals surface area contributed by atoms with Crippen LogP contribution in [0.5, 0.6) is 5.75 Å². The van der Waals surface area contributed by atoms with Gasteiger partial charge in [0, 0.05) is 0 Å². The summed E-state index contributed by atoms with van der Waals surface area (Å²) >= 11 is 0. The van der Waals surface area contributed by atoms with Gasteiger partial charge in [-0.25, -0.2) is 0 Å². The molecule has 0 heterocycles. The number of esters is 1. The van der Waals surface area contributed by atoms with Gasteiger partial charge in [-0.1, -0.05) is 45.9 Å². The number of aliphatic carboxylic acids is 1. The molecule has 0 saturated heterocycles. The summed E-state index contributed by atoms with van der Waals surface area (Å²) in [6.07, 6.45) is -0.320. The maximum absolute atomic E-state index is 11.8. The Bertz CT molecular complexity index is 463. The van der Waals surface area contributed by atoms with Gasteiger partial charge in [-0.05, 0) is 23.0 Å². The number of carboxylic acids is 1. The zero-order valence-electron chi connectivity index (χ0n) is 12.5. The minimum absolute atomic E-state index is 0.112. The molecule has 1 aromatic carbocycles. The van der Waals surface area contributed by atoms with Crippen LogP contribution >= 0.6 is 0 Å². The molecule has 4 nitrogen and oxygen atoms in total. The van der Waals surface area contributed by atoms with E-state index in [2.05, 4.69) is 0 Å². The number of benzene rings is 1. The maximum atomic E-state index is 11.8. The fraction of sp³-hybridized carbons (Fsp3) is 0.500. The zero-order chi connectivity index (χ0) is 15.3. The lowest BCUT2D eigenvalue weighted by molar-refractivity contribution is -0.142. The van der Waals surface area contributed by atoms with Crippen LogP contribution in [0.3, 0.4) is 0 Å². The summed E-state index contributed by atoms with van der Waals surface area (Å²) in [6, 6.07) is 5.84. The van der Waals surface area contributed by atoms with Gasteiger partial charge in [-0.15, -0.1) is 0 Å². The lowest BCUT2D eigenvalue weighted by Gasteiger charge is -2.18. The maximum Gasteiger partial charge on any atom is 0.311 e. The molecule has 4 heteroatoms. The third-order valence-corrected chi connectivity index (χ3v) is 3.08. The Balaban J connectivity index is 3.01. The first-order chi connectivity index (χ1) is 9.32. The van der Waals surface area contributed by atoms with Crippen LogP contribution in [0.1, 0.15) is 63.5 Å². The van der Waals surface area contributed by atoms with Crippen molar-refractivity contribution in [2.75, 3.05) is 0 Å². The molecule has 0 saturated carbocycles. The number of rotatable bonds is 6. The molecule has 1 N–H and O–H groups in total. The van der Waals surface area contributed by atoms with Crippen LogP contribution in [0.4, 0.5) is 0 Å². The molecular formula is C16H22O4. The van der Waals surface area contributed by atoms with E-state index >= 15 is 0 Å². The second kappa shape index (κ2) is 7.08. The van der Waals surface area contributed by atoms with Crippen molar-refractivity contribution in [1.29, 1.82) is 0 Å². The van der Waals surface area contributed by atoms with Crippen LogP contribution in [-0.4, -0.2) is 17.0 Å². The Morgan fingerprint density at radius 1 is 1.05 bits per heavy atom. The van der Waals surface area contributed by atoms with E-state index in [1.807, 2.05) is 45.9 Å². The topological polar surface area (TPSA) is 63.6 Å². The van der Waals surface area contributed by atoms with Crippen molar-refractivity contribution in [1.82, 2.24) is 0 Å². The number of carboxylic acid groups (broad SMARTS) is 1. The molecule has 110 valence electrons. The molecule has 0 radical (unpaired) electrons. The highest BCUT2D eigenvalue weighted by atomic mass is 16.5. The smallest absolute Gasteiger partial charge is 0.311 e. The molecule has 20 heavy (non-hydrogen) atoms. The highest BCUT2D eigenvalue weighted by Gasteiger charge is 2.18. The first-order valence-electron chi connectivity index (χ1n) is 6.88. The minimum atomic E-state index is -0.997. The molecule has 0 bridgehead atoms. The highest BCUT2D eigenvalue weighted by molar-refractivity contribution is 5.78. The lowest BCUT2D eigenvalue weighted by atomic mass is 9.94. The van der Waals surface area contributed by atoms with Gasteiger partial charge >= 0.3 is 11.9 Å². The van der Waals surface area contributed by atoms with Gasteiger partial charge in [0.15, 0.2) is 0 Å². The van der Waals surface area contributed by atoms with Gasteiger partial charge in [-0.3, -0.25) is 9.59 Å². The van der Waals surface area contributed by atoms with E-state index in [9.17, 15) is 9.59 Å². The third kappa shape index (κ3) is 4.37. The fourth-order valence-electron chi connectivity index (χ4n) is 1.97. The van der Waals surface area contributed by atoms with Crippen molar-refractivity contribution in [3.05, 3.63) is 29.3 Å². The van der Waals surface area contributed by atoms with Crippen molar-refractivity contribution >= 4 is 11.9 Å². The van der Waals surface area contributed by atoms with Crippen molar-refractivity contribution in [3.63, 3.8) is 0 Å². The summed E-state index contributed by atoms with van der Waals surface area (Å²) in [4.78, 5) is 22.3. The molecule has 1 rings (SSSR count). The van der Waals surface area contributed by atoms with Crippen molar-refractivity contribution < 1.29 is 19.4 Å². The summed E-state index contributed by atoms with van der Waals surface area (Å²) in [5, 5.41) is 8.61. The monoisotopic (exact) mass is 278 g/mol. The van der Waals surface area contributed by atoms with Gasteiger partial charge in [0.05, 0.1) is 12.8 Å². The Hall–Kier alpha value is -1.84. The molecule has 0 aromatic heterocycles. The van der Waals surface area contributed by atoms with Crippen LogP contribution < -0.4 is 4.74 Å². The molecular weight excluding hydrogens is 256 g/mol. The van der Waals surface area contributed by atoms with E-state index in [4.69, 9.17) is 9.84 Å². The number of para-hydroxylation sites is 1. The van der Waals surface area contributed by atoms with Crippen LogP contribution in [0.25, 0.3) is 0 Å². The highest BCUT2D eigenvalue weighted by Crippen LogP contribution is 2.34. The SMILES string of the molecule is CC(C)c1cccc(C(C)C)c1OC(=O)CCC(=O)O. The second-order valence-electron chi connectivity index (χ2n) is 5.44. The van der Waals surface area contributed by atoms with Gasteiger partial charge in [0.2, 0.25) is 0 Å². The standard InChI is InChI=1S/C16H22O4/c1-10(2)12-6-5-7-13(11(3)4)16(12)20-15(19)9-8-14(17)18/h5-7,10-11H,8-9H2,1-4H3,(H,17,18). The van der Waals surface area contributed by atoms with Crippen LogP contribution in [0.2, 0.25) is 0 Å². The van der Waals surface area contributed by atoms with Crippen LogP contribution in [-0.2, 0) is 9.59 Å². The minimum Gasteiger partial charge on any atom is -0.481 e. The summed E-state index contributed by atoms with van der Waals surface area (Å²) in [5.74, 6) is -0.439. The number of ether oxygens (including phenoxy) is 1. The van der Waals surface area contributed by atoms with Gasteiger partial charge < -0.3 is 9.84 Å². The number of carbonyl (C=O) groups is 2. The molecule has 0 aliphatic rings. The van der Waals surface area contributed by atoms with Crippen molar-refractivity contribution in [2.45, 2.75) is 52.4 Å². The Morgan fingerprint density at radius 2 is 1.55 bits per heavy atom. The van der Waals surface area contributed by atoms with Gasteiger partial charge in [0.25, 0.3) is 0 Å². The first kappa shape index (κ1) is 16.2. The summed E-state index contributed by atoms with van der Waals surface area (Å²) in [6.45, 7) is 8.14. The predicted octanol–water partition coefficient (Wildman–Crippen LogP) is 3.70. The third-order valence-electron chi connectivity index (χ3n) is 3.08. The number of hydrogen-bond acceptors (Lipinski definition) is 3. The van der Waals surface area contributed by atoms with Crippen LogP contribution in [0.15, 0.2) is 18.2 Å². The lowest BCUT2D eigenvalue weighted by Crippen LogP contribution is -2.13. The summed E-state index contributed by atoms with van der Waals surface area (Å²) < 4.78 is 5.45. The molecule has 0 aliphatic heterocycles. The molecule has 0 unspecified atom stereocenters. The van der Waals surface area contributed by atoms with Crippen LogP contribution in [0, 0.1) is 0 Å². The van der Waals surface area contributed by atoms with E-state index in [1.165, 1.54) is 0 Å². The molecule has 0 spiro atoms. The van der Waals surface area contributed by atoms with E-state index in [1.54, 1.807) is 0 Å². The first-order valence-corrected chi connectivity index (χ1v) is 6.88. The molecule has 0 atom stereocenters. The quantitative estimate of drug-likeness (QED) is 0.636. The predicted molar refractivity (Wildman–Crippen MR) is 77.1 cm³/mol. The van der Waals surface area contributed by atoms with Crippen molar-refractivity contribution in [3.8, 4) is 5.75 Å². The molecule has 0 aliphatic carbocycles. The Kier molecular flexibility index (Phi) is 5.74. The van der Waals surface area contributed by atoms with Gasteiger partial charge in [-0.2, -0.15) is 0 Å². The molecule has 0 fully saturated rings. The fourth-order valence-corrected chi connectivity index (χ4v) is 1.97. The zero-order valence-corrected chi connectivity index (χ0v) is 12.5. The van der Waals surface area contributed by atoms with E-state index in [0.717, 1.165) is 11.1 Å². The largest absolute Gasteiger partial charge is 0.481 e. The normalized spacial score (nSPS) is 10.9. The summed E-state index contributed by atoms with van der Waals surface area (Å²) in [5.41, 5.74) is 1.94.